The second-order valence-corrected chi connectivity index (χ2v) is 3.25. The molecule has 1 aliphatic carbocycles. The van der Waals surface area contributed by atoms with Gasteiger partial charge in [-0.05, 0) is 12.8 Å². The normalized spacial score (nSPS) is 25.5. The number of nitrogens with zero attached hydrogens (tertiary/aromatic N) is 1. The molecular weight excluding hydrogens is 162 g/mol. The van der Waals surface area contributed by atoms with E-state index in [1.165, 1.54) is 5.57 Å². The van der Waals surface area contributed by atoms with Crippen LogP contribution in [0.15, 0.2) is 41.3 Å². The largest absolute Gasteiger partial charge is 0.490 e. The fraction of sp³-hybridized carbons (Fsp3) is 0.364. The summed E-state index contributed by atoms with van der Waals surface area (Å²) in [5.41, 5.74) is 1.45. The van der Waals surface area contributed by atoms with Crippen LogP contribution >= 0.6 is 0 Å². The van der Waals surface area contributed by atoms with E-state index in [0.29, 0.717) is 0 Å². The Morgan fingerprint density at radius 1 is 1.54 bits per heavy atom. The van der Waals surface area contributed by atoms with E-state index in [4.69, 9.17) is 4.74 Å². The lowest BCUT2D eigenvalue weighted by molar-refractivity contribution is 0.201. The van der Waals surface area contributed by atoms with E-state index in [9.17, 15) is 0 Å². The molecule has 0 bridgehead atoms. The Labute approximate surface area is 78.3 Å². The Morgan fingerprint density at radius 2 is 2.54 bits per heavy atom. The monoisotopic (exact) mass is 175 g/mol. The Kier molecular flexibility index (Phi) is 2.60. The van der Waals surface area contributed by atoms with Crippen LogP contribution in [0, 0.1) is 0 Å². The molecule has 1 heterocycles. The van der Waals surface area contributed by atoms with Gasteiger partial charge in [-0.3, -0.25) is 4.99 Å². The molecule has 0 aromatic rings. The first-order valence-electron chi connectivity index (χ1n) is 4.63. The average Bonchev–Trinajstić information content (AvgIpc) is 2.21. The third-order valence-electron chi connectivity index (χ3n) is 2.22. The van der Waals surface area contributed by atoms with Crippen LogP contribution < -0.4 is 0 Å². The molecule has 1 aliphatic heterocycles. The summed E-state index contributed by atoms with van der Waals surface area (Å²) in [5, 5.41) is 0. The zero-order valence-electron chi connectivity index (χ0n) is 7.52. The highest BCUT2D eigenvalue weighted by molar-refractivity contribution is 5.65. The highest BCUT2D eigenvalue weighted by atomic mass is 16.5. The molecule has 0 fully saturated rings. The summed E-state index contributed by atoms with van der Waals surface area (Å²) < 4.78 is 5.39. The lowest BCUT2D eigenvalue weighted by atomic mass is 9.99. The van der Waals surface area contributed by atoms with Gasteiger partial charge in [-0.1, -0.05) is 23.8 Å². The minimum absolute atomic E-state index is 0.141. The van der Waals surface area contributed by atoms with Gasteiger partial charge in [0.05, 0.1) is 6.20 Å². The number of hydrogen-bond acceptors (Lipinski definition) is 2. The summed E-state index contributed by atoms with van der Waals surface area (Å²) >= 11 is 0. The van der Waals surface area contributed by atoms with Gasteiger partial charge in [0.2, 0.25) is 0 Å². The van der Waals surface area contributed by atoms with Gasteiger partial charge >= 0.3 is 0 Å². The van der Waals surface area contributed by atoms with Crippen LogP contribution in [0.5, 0.6) is 0 Å². The van der Waals surface area contributed by atoms with Crippen LogP contribution in [-0.2, 0) is 4.74 Å². The van der Waals surface area contributed by atoms with Gasteiger partial charge < -0.3 is 4.74 Å². The molecule has 0 aromatic heterocycles. The van der Waals surface area contributed by atoms with E-state index in [-0.39, 0.29) is 6.10 Å². The third-order valence-corrected chi connectivity index (χ3v) is 2.22. The lowest BCUT2D eigenvalue weighted by Gasteiger charge is -2.16. The Morgan fingerprint density at radius 3 is 3.23 bits per heavy atom. The molecule has 0 saturated heterocycles. The highest BCUT2D eigenvalue weighted by Gasteiger charge is 2.10. The van der Waals surface area contributed by atoms with Gasteiger partial charge in [-0.2, -0.15) is 0 Å². The van der Waals surface area contributed by atoms with E-state index in [1.807, 2.05) is 6.21 Å². The topological polar surface area (TPSA) is 21.6 Å². The molecule has 1 unspecified atom stereocenters. The molecule has 68 valence electrons. The van der Waals surface area contributed by atoms with Gasteiger partial charge in [0.15, 0.2) is 0 Å². The molecule has 0 N–H and O–H groups in total. The van der Waals surface area contributed by atoms with E-state index >= 15 is 0 Å². The maximum Gasteiger partial charge on any atom is 0.137 e. The molecule has 2 rings (SSSR count). The van der Waals surface area contributed by atoms with E-state index in [1.54, 1.807) is 12.5 Å². The standard InChI is InChI=1S/C11H13NO/c1-2-4-10(5-3-1)8-11-9-12-6-7-13-11/h1-2,4,6-7,9,11H,3,5,8H2. The van der Waals surface area contributed by atoms with Gasteiger partial charge in [0, 0.05) is 12.6 Å². The van der Waals surface area contributed by atoms with Crippen LogP contribution in [-0.4, -0.2) is 12.3 Å². The number of ether oxygens (including phenoxy) is 1. The highest BCUT2D eigenvalue weighted by Crippen LogP contribution is 2.18. The van der Waals surface area contributed by atoms with Crippen molar-refractivity contribution in [2.24, 2.45) is 4.99 Å². The minimum Gasteiger partial charge on any atom is -0.490 e. The second kappa shape index (κ2) is 4.08. The lowest BCUT2D eigenvalue weighted by Crippen LogP contribution is -2.14. The Bertz CT molecular complexity index is 286. The van der Waals surface area contributed by atoms with Crippen LogP contribution in [0.25, 0.3) is 0 Å². The molecule has 0 aromatic carbocycles. The van der Waals surface area contributed by atoms with E-state index in [2.05, 4.69) is 23.2 Å². The number of rotatable bonds is 2. The van der Waals surface area contributed by atoms with Crippen molar-refractivity contribution in [3.63, 3.8) is 0 Å². The van der Waals surface area contributed by atoms with Gasteiger partial charge in [-0.15, -0.1) is 0 Å². The van der Waals surface area contributed by atoms with Crippen molar-refractivity contribution in [3.8, 4) is 0 Å². The molecule has 13 heavy (non-hydrogen) atoms. The molecule has 0 amide bonds. The van der Waals surface area contributed by atoms with Crippen molar-refractivity contribution in [1.82, 2.24) is 0 Å². The van der Waals surface area contributed by atoms with Gasteiger partial charge in [0.1, 0.15) is 12.4 Å². The summed E-state index contributed by atoms with van der Waals surface area (Å²) in [6, 6.07) is 0. The van der Waals surface area contributed by atoms with Gasteiger partial charge in [-0.25, -0.2) is 0 Å². The van der Waals surface area contributed by atoms with Crippen molar-refractivity contribution in [1.29, 1.82) is 0 Å². The fourth-order valence-corrected chi connectivity index (χ4v) is 1.53. The van der Waals surface area contributed by atoms with Gasteiger partial charge in [0.25, 0.3) is 0 Å². The summed E-state index contributed by atoms with van der Waals surface area (Å²) in [6.45, 7) is 0. The minimum atomic E-state index is 0.141. The molecule has 0 saturated carbocycles. The Hall–Kier alpha value is -1.31. The number of aliphatic imine (C=N–C) groups is 1. The third kappa shape index (κ3) is 2.31. The number of allylic oxidation sites excluding steroid dienone is 3. The molecular formula is C11H13NO. The summed E-state index contributed by atoms with van der Waals surface area (Å²) in [6.07, 6.45) is 15.1. The van der Waals surface area contributed by atoms with Crippen molar-refractivity contribution in [2.45, 2.75) is 25.4 Å². The molecule has 0 radical (unpaired) electrons. The number of hydrogen-bond donors (Lipinski definition) is 0. The zero-order chi connectivity index (χ0) is 8.93. The Balaban J connectivity index is 1.90. The molecule has 0 spiro atoms. The average molecular weight is 175 g/mol. The maximum absolute atomic E-state index is 5.39. The predicted octanol–water partition coefficient (Wildman–Crippen LogP) is 2.59. The van der Waals surface area contributed by atoms with Crippen molar-refractivity contribution < 1.29 is 4.74 Å². The molecule has 2 heteroatoms. The summed E-state index contributed by atoms with van der Waals surface area (Å²) in [4.78, 5) is 4.05. The summed E-state index contributed by atoms with van der Waals surface area (Å²) in [7, 11) is 0. The van der Waals surface area contributed by atoms with Crippen LogP contribution in [0.3, 0.4) is 0 Å². The maximum atomic E-state index is 5.39. The SMILES string of the molecule is C1=CCCC(CC2C=NC=CO2)=C1. The van der Waals surface area contributed by atoms with Crippen LogP contribution in [0.1, 0.15) is 19.3 Å². The summed E-state index contributed by atoms with van der Waals surface area (Å²) in [5.74, 6) is 0. The first-order valence-corrected chi connectivity index (χ1v) is 4.63. The molecule has 1 atom stereocenters. The van der Waals surface area contributed by atoms with Crippen molar-refractivity contribution in [2.75, 3.05) is 0 Å². The first-order chi connectivity index (χ1) is 6.45. The quantitative estimate of drug-likeness (QED) is 0.632. The molecule has 2 nitrogen and oxygen atoms in total. The zero-order valence-corrected chi connectivity index (χ0v) is 7.52. The van der Waals surface area contributed by atoms with Crippen molar-refractivity contribution in [3.05, 3.63) is 36.3 Å². The van der Waals surface area contributed by atoms with E-state index < -0.39 is 0 Å². The predicted molar refractivity (Wildman–Crippen MR) is 53.6 cm³/mol. The van der Waals surface area contributed by atoms with Crippen LogP contribution in [0.4, 0.5) is 0 Å². The van der Waals surface area contributed by atoms with E-state index in [0.717, 1.165) is 19.3 Å². The van der Waals surface area contributed by atoms with Crippen molar-refractivity contribution >= 4 is 6.21 Å². The second-order valence-electron chi connectivity index (χ2n) is 3.25. The smallest absolute Gasteiger partial charge is 0.137 e. The molecule has 2 aliphatic rings. The van der Waals surface area contributed by atoms with Crippen LogP contribution in [0.2, 0.25) is 0 Å². The fourth-order valence-electron chi connectivity index (χ4n) is 1.53. The first kappa shape index (κ1) is 8.30.